The lowest BCUT2D eigenvalue weighted by molar-refractivity contribution is -0.143. The maximum absolute atomic E-state index is 11.3. The van der Waals surface area contributed by atoms with Crippen molar-refractivity contribution in [1.82, 2.24) is 66.0 Å². The average Bonchev–Trinajstić information content (AvgIpc) is 4.26. The number of pyridine rings is 4. The van der Waals surface area contributed by atoms with Gasteiger partial charge in [0.25, 0.3) is 0 Å². The predicted molar refractivity (Wildman–Crippen MR) is 287 cm³/mol. The number of rotatable bonds is 23. The van der Waals surface area contributed by atoms with E-state index >= 15 is 0 Å². The first-order chi connectivity index (χ1) is 36.9. The van der Waals surface area contributed by atoms with E-state index in [1.807, 2.05) is 89.5 Å². The maximum atomic E-state index is 11.3. The lowest BCUT2D eigenvalue weighted by Crippen LogP contribution is -2.20. The highest BCUT2D eigenvalue weighted by atomic mass is 79.9. The molecule has 0 saturated heterocycles. The lowest BCUT2D eigenvalue weighted by atomic mass is 10.1. The molecule has 8 heterocycles. The molecule has 8 aromatic heterocycles. The Labute approximate surface area is 450 Å². The van der Waals surface area contributed by atoms with Gasteiger partial charge in [0.2, 0.25) is 5.91 Å². The van der Waals surface area contributed by atoms with Crippen LogP contribution in [0, 0.1) is 27.7 Å². The summed E-state index contributed by atoms with van der Waals surface area (Å²) in [5, 5.41) is 26.0. The number of nitrogens with two attached hydrogens (primary N) is 1. The first-order valence-corrected chi connectivity index (χ1v) is 25.4. The second-order valence-electron chi connectivity index (χ2n) is 16.1. The molecule has 408 valence electrons. The zero-order valence-corrected chi connectivity index (χ0v) is 45.0. The van der Waals surface area contributed by atoms with Crippen LogP contribution in [0.15, 0.2) is 120 Å². The van der Waals surface area contributed by atoms with Gasteiger partial charge in [0.1, 0.15) is 22.1 Å². The van der Waals surface area contributed by atoms with Crippen molar-refractivity contribution in [2.75, 3.05) is 40.5 Å². The summed E-state index contributed by atoms with van der Waals surface area (Å²) in [4.78, 5) is 58.9. The van der Waals surface area contributed by atoms with Crippen molar-refractivity contribution in [2.24, 2.45) is 0 Å². The number of aromatic nitrogens is 12. The highest BCUT2D eigenvalue weighted by molar-refractivity contribution is 9.10. The number of amides is 1. The Morgan fingerprint density at radius 1 is 0.592 bits per heavy atom. The second-order valence-corrected chi connectivity index (χ2v) is 16.9. The number of hydrogen-bond acceptors (Lipinski definition) is 24. The van der Waals surface area contributed by atoms with Crippen LogP contribution in [0.1, 0.15) is 109 Å². The van der Waals surface area contributed by atoms with Crippen molar-refractivity contribution < 1.29 is 39.1 Å². The van der Waals surface area contributed by atoms with Crippen LogP contribution < -0.4 is 26.3 Å². The largest absolute Gasteiger partial charge is 0.466 e. The molecule has 0 aliphatic heterocycles. The van der Waals surface area contributed by atoms with Gasteiger partial charge in [0, 0.05) is 52.1 Å². The molecule has 0 aromatic carbocycles. The molecule has 0 bridgehead atoms. The van der Waals surface area contributed by atoms with Gasteiger partial charge in [-0.3, -0.25) is 29.9 Å². The van der Waals surface area contributed by atoms with Crippen LogP contribution in [0.5, 0.6) is 0 Å². The fraction of sp³-hybridized carbons (Fsp3) is 0.400. The molecule has 5 N–H and O–H groups in total. The van der Waals surface area contributed by atoms with E-state index in [-0.39, 0.29) is 19.3 Å². The first kappa shape index (κ1) is 60.3. The molecule has 0 radical (unpaired) electrons. The molecule has 0 fully saturated rings. The van der Waals surface area contributed by atoms with Crippen molar-refractivity contribution >= 4 is 69.3 Å². The molecule has 8 aromatic rings. The zero-order valence-electron chi connectivity index (χ0n) is 43.4. The van der Waals surface area contributed by atoms with E-state index in [9.17, 15) is 9.59 Å². The van der Waals surface area contributed by atoms with Gasteiger partial charge in [-0.2, -0.15) is 19.9 Å². The first-order valence-electron chi connectivity index (χ1n) is 24.6. The van der Waals surface area contributed by atoms with Gasteiger partial charge in [0.15, 0.2) is 23.3 Å². The van der Waals surface area contributed by atoms with Gasteiger partial charge >= 0.3 is 30.0 Å². The molecule has 25 nitrogen and oxygen atoms in total. The van der Waals surface area contributed by atoms with Crippen molar-refractivity contribution in [2.45, 2.75) is 112 Å². The second kappa shape index (κ2) is 35.8. The number of aryl methyl sites for hydroxylation is 4. The van der Waals surface area contributed by atoms with E-state index < -0.39 is 0 Å². The van der Waals surface area contributed by atoms with Crippen LogP contribution in [-0.2, 0) is 14.3 Å². The minimum atomic E-state index is -0.330. The van der Waals surface area contributed by atoms with Crippen molar-refractivity contribution in [3.05, 3.63) is 125 Å². The predicted octanol–water partition coefficient (Wildman–Crippen LogP) is 10.1. The molecule has 0 aliphatic rings. The number of esters is 1. The molecular weight excluding hydrogens is 1050 g/mol. The summed E-state index contributed by atoms with van der Waals surface area (Å²) in [6.45, 7) is 10.8. The zero-order chi connectivity index (χ0) is 54.6. The number of hydrogen-bond donors (Lipinski definition) is 4. The number of nitrogen functional groups attached to an aromatic ring is 1. The van der Waals surface area contributed by atoms with Crippen LogP contribution in [0.4, 0.5) is 41.5 Å². The average molecular weight is 1120 g/mol. The fourth-order valence-electron chi connectivity index (χ4n) is 6.43. The number of carbonyl (C=O) groups is 2. The summed E-state index contributed by atoms with van der Waals surface area (Å²) in [5.41, 5.74) is 6.68. The summed E-state index contributed by atoms with van der Waals surface area (Å²) in [6, 6.07) is 24.1. The Bertz CT molecular complexity index is 2740. The molecular formula is C50H68BrN17O8. The van der Waals surface area contributed by atoms with Gasteiger partial charge < -0.3 is 28.6 Å². The molecule has 1 amide bonds. The van der Waals surface area contributed by atoms with E-state index in [0.29, 0.717) is 66.6 Å². The number of nitrogens with one attached hydrogen (secondary N) is 2. The van der Waals surface area contributed by atoms with Crippen LogP contribution in [0.3, 0.4) is 0 Å². The van der Waals surface area contributed by atoms with Gasteiger partial charge in [-0.25, -0.2) is 25.4 Å². The third-order valence-corrected chi connectivity index (χ3v) is 10.4. The Morgan fingerprint density at radius 2 is 1.07 bits per heavy atom. The van der Waals surface area contributed by atoms with Crippen LogP contribution in [-0.4, -0.2) is 97.3 Å². The summed E-state index contributed by atoms with van der Waals surface area (Å²) in [6.07, 6.45) is 17.6. The van der Waals surface area contributed by atoms with Crippen LogP contribution in [0.2, 0.25) is 0 Å². The third kappa shape index (κ3) is 25.1. The van der Waals surface area contributed by atoms with E-state index in [1.54, 1.807) is 58.0 Å². The van der Waals surface area contributed by atoms with E-state index in [4.69, 9.17) is 29.2 Å². The minimum Gasteiger partial charge on any atom is -0.466 e. The monoisotopic (exact) mass is 1110 g/mol. The topological polar surface area (TPSA) is 327 Å². The fourth-order valence-corrected chi connectivity index (χ4v) is 6.70. The summed E-state index contributed by atoms with van der Waals surface area (Å²) >= 11 is 3.20. The van der Waals surface area contributed by atoms with Gasteiger partial charge in [-0.05, 0) is 125 Å². The molecule has 0 atom stereocenters. The Morgan fingerprint density at radius 3 is 1.45 bits per heavy atom. The molecule has 0 aliphatic carbocycles. The highest BCUT2D eigenvalue weighted by Crippen LogP contribution is 2.24. The number of anilines is 7. The number of hydroxylamine groups is 1. The Balaban J connectivity index is 0.000000275. The minimum absolute atomic E-state index is 0. The Kier molecular flexibility index (Phi) is 28.4. The van der Waals surface area contributed by atoms with Gasteiger partial charge in [-0.1, -0.05) is 83.4 Å². The highest BCUT2D eigenvalue weighted by Gasteiger charge is 2.18. The number of carbonyl (C=O) groups excluding carboxylic acids is 2. The number of nitrogens with zero attached hydrogens (tertiary/aromatic N) is 14. The number of ether oxygens (including phenoxy) is 1. The van der Waals surface area contributed by atoms with E-state index in [1.165, 1.54) is 0 Å². The standard InChI is InChI=1S/C18H26N4O3.C16H23N5O3.C8H8N4O.C5H4BrN.C3H5N3O.H2/c1-3-24-17(23)12-7-5-4-6-10-14-22(16-11-8-9-13-19-16)18-20-15(2)21-25-18;1-13-18-16(24-20-13)21(14-9-6-7-11-17-14)12-8-4-2-3-5-10-15(22)19-23;1-6-10-8(13-12-6)11-7-4-2-3-5-9-7;6-5-3-1-2-4-7-5;1-2-5-3(4)7-6-2;/h8-9,11,13H,3-7,10,12,14H2,1-2H3;6-7,9,11,23H,2-5,8,10,12H2,1H3,(H,19,22);2-5H,1H3,(H,9,10,11,12);1-4H;1H3,(H2,4,5,6);1H/i;;;;;1+1. The van der Waals surface area contributed by atoms with E-state index in [0.717, 1.165) is 93.5 Å². The van der Waals surface area contributed by atoms with E-state index in [2.05, 4.69) is 86.3 Å². The van der Waals surface area contributed by atoms with Crippen LogP contribution in [0.25, 0.3) is 0 Å². The van der Waals surface area contributed by atoms with Crippen LogP contribution >= 0.6 is 15.9 Å². The van der Waals surface area contributed by atoms with Gasteiger partial charge in [0.05, 0.1) is 6.61 Å². The molecule has 0 unspecified atom stereocenters. The Hall–Kier alpha value is -8.26. The molecule has 26 heteroatoms. The molecule has 0 saturated carbocycles. The molecule has 0 spiro atoms. The van der Waals surface area contributed by atoms with Gasteiger partial charge in [-0.15, -0.1) is 0 Å². The quantitative estimate of drug-likeness (QED) is 0.0152. The molecule has 8 rings (SSSR count). The number of halogens is 1. The van der Waals surface area contributed by atoms with Crippen molar-refractivity contribution in [1.29, 1.82) is 0 Å². The summed E-state index contributed by atoms with van der Waals surface area (Å²) in [7, 11) is 0. The summed E-state index contributed by atoms with van der Waals surface area (Å²) < 4.78 is 25.6. The maximum Gasteiger partial charge on any atom is 0.329 e. The van der Waals surface area contributed by atoms with Crippen molar-refractivity contribution in [3.63, 3.8) is 0 Å². The number of unbranched alkanes of at least 4 members (excludes halogenated alkanes) is 8. The molecule has 76 heavy (non-hydrogen) atoms. The van der Waals surface area contributed by atoms with Crippen molar-refractivity contribution in [3.8, 4) is 0 Å². The normalized spacial score (nSPS) is 10.2. The third-order valence-electron chi connectivity index (χ3n) is 9.92. The summed E-state index contributed by atoms with van der Waals surface area (Å²) in [5.74, 6) is 4.19. The smallest absolute Gasteiger partial charge is 0.329 e. The SMILES string of the molecule is Brc1ccccn1.CCOC(=O)CCCCCCCN(c1ccccn1)c1nc(C)no1.Cc1noc(N(CCCCCCCC(=O)NO)c2ccccn2)n1.Cc1noc(N)n1.Cc1noc(Nc2ccccn2)n1.[2HH]. The lowest BCUT2D eigenvalue weighted by Gasteiger charge is -2.18.